The Hall–Kier alpha value is -3.09. The van der Waals surface area contributed by atoms with Gasteiger partial charge in [0.2, 0.25) is 5.91 Å². The number of esters is 1. The number of hydrogen-bond donors (Lipinski definition) is 0. The number of amides is 1. The normalized spacial score (nSPS) is 14.2. The quantitative estimate of drug-likeness (QED) is 0.634. The topological polar surface area (TPSA) is 72.0 Å². The van der Waals surface area contributed by atoms with Crippen LogP contribution in [0.15, 0.2) is 36.5 Å². The molecule has 0 atom stereocenters. The van der Waals surface area contributed by atoms with E-state index < -0.39 is 0 Å². The summed E-state index contributed by atoms with van der Waals surface area (Å²) in [5, 5.41) is 0. The molecule has 1 aromatic carbocycles. The molecule has 0 radical (unpaired) electrons. The van der Waals surface area contributed by atoms with Gasteiger partial charge < -0.3 is 19.3 Å². The number of rotatable bonds is 7. The number of aryl methyl sites for hydroxylation is 2. The van der Waals surface area contributed by atoms with Crippen LogP contribution in [0.5, 0.6) is 5.75 Å². The Morgan fingerprint density at radius 3 is 2.61 bits per heavy atom. The number of hydrogen-bond acceptors (Lipinski definition) is 6. The number of aromatic nitrogens is 1. The molecule has 0 saturated carbocycles. The lowest BCUT2D eigenvalue weighted by molar-refractivity contribution is -0.131. The van der Waals surface area contributed by atoms with Crippen LogP contribution < -0.4 is 9.64 Å². The lowest BCUT2D eigenvalue weighted by Gasteiger charge is -2.23. The third-order valence-electron chi connectivity index (χ3n) is 5.34. The van der Waals surface area contributed by atoms with E-state index in [4.69, 9.17) is 9.47 Å². The maximum atomic E-state index is 12.7. The monoisotopic (exact) mass is 425 g/mol. The number of anilines is 1. The van der Waals surface area contributed by atoms with E-state index in [0.29, 0.717) is 38.3 Å². The molecule has 0 bridgehead atoms. The zero-order valence-corrected chi connectivity index (χ0v) is 18.6. The maximum Gasteiger partial charge on any atom is 0.339 e. The zero-order valence-electron chi connectivity index (χ0n) is 18.6. The van der Waals surface area contributed by atoms with Crippen molar-refractivity contribution in [2.24, 2.45) is 0 Å². The number of pyridine rings is 1. The summed E-state index contributed by atoms with van der Waals surface area (Å²) >= 11 is 0. The second-order valence-electron chi connectivity index (χ2n) is 7.71. The number of carbonyl (C=O) groups is 2. The van der Waals surface area contributed by atoms with E-state index >= 15 is 0 Å². The van der Waals surface area contributed by atoms with Crippen LogP contribution in [-0.4, -0.2) is 61.2 Å². The predicted octanol–water partition coefficient (Wildman–Crippen LogP) is 3.38. The highest BCUT2D eigenvalue weighted by molar-refractivity contribution is 5.89. The van der Waals surface area contributed by atoms with Crippen LogP contribution in [-0.2, 0) is 9.53 Å². The van der Waals surface area contributed by atoms with Crippen LogP contribution in [0.25, 0.3) is 0 Å². The van der Waals surface area contributed by atoms with E-state index in [1.807, 2.05) is 36.9 Å². The second-order valence-corrected chi connectivity index (χ2v) is 7.71. The van der Waals surface area contributed by atoms with Gasteiger partial charge in [-0.25, -0.2) is 9.78 Å². The smallest absolute Gasteiger partial charge is 0.339 e. The minimum absolute atomic E-state index is 0.109. The molecule has 1 aromatic heterocycles. The molecule has 3 rings (SSSR count). The molecule has 2 heterocycles. The first kappa shape index (κ1) is 22.6. The van der Waals surface area contributed by atoms with E-state index in [2.05, 4.69) is 16.0 Å². The Kier molecular flexibility index (Phi) is 7.87. The molecule has 1 aliphatic rings. The summed E-state index contributed by atoms with van der Waals surface area (Å²) in [6.45, 7) is 9.44. The van der Waals surface area contributed by atoms with Crippen LogP contribution in [0.3, 0.4) is 0 Å². The SMILES string of the molecule is CCOC(=O)c1ccc(N2CCCN(C(=O)CCOc3ccc(C)cc3C)CC2)nc1. The van der Waals surface area contributed by atoms with Crippen molar-refractivity contribution in [3.63, 3.8) is 0 Å². The van der Waals surface area contributed by atoms with Gasteiger partial charge in [-0.1, -0.05) is 17.7 Å². The minimum Gasteiger partial charge on any atom is -0.493 e. The lowest BCUT2D eigenvalue weighted by Crippen LogP contribution is -2.36. The summed E-state index contributed by atoms with van der Waals surface area (Å²) in [6.07, 6.45) is 2.77. The van der Waals surface area contributed by atoms with Crippen molar-refractivity contribution in [3.05, 3.63) is 53.2 Å². The van der Waals surface area contributed by atoms with Gasteiger partial charge >= 0.3 is 5.97 Å². The minimum atomic E-state index is -0.364. The average molecular weight is 426 g/mol. The Bertz CT molecular complexity index is 898. The number of ether oxygens (including phenoxy) is 2. The third-order valence-corrected chi connectivity index (χ3v) is 5.34. The highest BCUT2D eigenvalue weighted by Gasteiger charge is 2.20. The molecule has 7 nitrogen and oxygen atoms in total. The van der Waals surface area contributed by atoms with E-state index in [-0.39, 0.29) is 11.9 Å². The highest BCUT2D eigenvalue weighted by atomic mass is 16.5. The van der Waals surface area contributed by atoms with Crippen LogP contribution in [0.4, 0.5) is 5.82 Å². The van der Waals surface area contributed by atoms with Gasteiger partial charge in [-0.15, -0.1) is 0 Å². The lowest BCUT2D eigenvalue weighted by atomic mass is 10.1. The third kappa shape index (κ3) is 6.20. The molecule has 0 aliphatic carbocycles. The highest BCUT2D eigenvalue weighted by Crippen LogP contribution is 2.19. The fourth-order valence-corrected chi connectivity index (χ4v) is 3.67. The summed E-state index contributed by atoms with van der Waals surface area (Å²) in [4.78, 5) is 32.9. The van der Waals surface area contributed by atoms with Crippen molar-refractivity contribution in [1.82, 2.24) is 9.88 Å². The number of benzene rings is 1. The largest absolute Gasteiger partial charge is 0.493 e. The predicted molar refractivity (Wildman–Crippen MR) is 120 cm³/mol. The first-order valence-corrected chi connectivity index (χ1v) is 10.8. The first-order valence-electron chi connectivity index (χ1n) is 10.8. The molecule has 2 aromatic rings. The van der Waals surface area contributed by atoms with Gasteiger partial charge in [0.1, 0.15) is 11.6 Å². The number of nitrogens with zero attached hydrogens (tertiary/aromatic N) is 3. The molecule has 31 heavy (non-hydrogen) atoms. The molecule has 0 unspecified atom stereocenters. The Morgan fingerprint density at radius 1 is 1.06 bits per heavy atom. The molecule has 0 spiro atoms. The molecule has 0 N–H and O–H groups in total. The van der Waals surface area contributed by atoms with Crippen molar-refractivity contribution >= 4 is 17.7 Å². The standard InChI is InChI=1S/C24H31N3O4/c1-4-30-24(29)20-7-9-22(25-17-20)26-11-5-12-27(14-13-26)23(28)10-15-31-21-8-6-18(2)16-19(21)3/h6-9,16-17H,4-5,10-15H2,1-3H3. The summed E-state index contributed by atoms with van der Waals surface area (Å²) < 4.78 is 10.8. The fourth-order valence-electron chi connectivity index (χ4n) is 3.67. The Balaban J connectivity index is 1.48. The van der Waals surface area contributed by atoms with Crippen LogP contribution in [0.2, 0.25) is 0 Å². The van der Waals surface area contributed by atoms with E-state index in [9.17, 15) is 9.59 Å². The summed E-state index contributed by atoms with van der Waals surface area (Å²) in [6, 6.07) is 9.62. The van der Waals surface area contributed by atoms with Gasteiger partial charge in [-0.2, -0.15) is 0 Å². The summed E-state index contributed by atoms with van der Waals surface area (Å²) in [7, 11) is 0. The van der Waals surface area contributed by atoms with Crippen LogP contribution in [0, 0.1) is 13.8 Å². The van der Waals surface area contributed by atoms with Gasteiger partial charge in [-0.05, 0) is 51.0 Å². The first-order chi connectivity index (χ1) is 15.0. The van der Waals surface area contributed by atoms with Gasteiger partial charge in [0.05, 0.1) is 25.2 Å². The maximum absolute atomic E-state index is 12.7. The zero-order chi connectivity index (χ0) is 22.2. The Labute approximate surface area is 184 Å². The van der Waals surface area contributed by atoms with Crippen LogP contribution in [0.1, 0.15) is 41.3 Å². The van der Waals surface area contributed by atoms with Crippen molar-refractivity contribution in [2.75, 3.05) is 44.3 Å². The molecular weight excluding hydrogens is 394 g/mol. The van der Waals surface area contributed by atoms with Gasteiger partial charge in [-0.3, -0.25) is 4.79 Å². The van der Waals surface area contributed by atoms with Gasteiger partial charge in [0.25, 0.3) is 0 Å². The van der Waals surface area contributed by atoms with E-state index in [1.54, 1.807) is 19.2 Å². The summed E-state index contributed by atoms with van der Waals surface area (Å²) in [5.41, 5.74) is 2.72. The van der Waals surface area contributed by atoms with Crippen molar-refractivity contribution in [3.8, 4) is 5.75 Å². The fraction of sp³-hybridized carbons (Fsp3) is 0.458. The van der Waals surface area contributed by atoms with Gasteiger partial charge in [0, 0.05) is 32.4 Å². The van der Waals surface area contributed by atoms with Crippen molar-refractivity contribution < 1.29 is 19.1 Å². The molecule has 166 valence electrons. The number of carbonyl (C=O) groups excluding carboxylic acids is 2. The van der Waals surface area contributed by atoms with Crippen molar-refractivity contribution in [1.29, 1.82) is 0 Å². The van der Waals surface area contributed by atoms with E-state index in [1.165, 1.54) is 5.56 Å². The summed E-state index contributed by atoms with van der Waals surface area (Å²) in [5.74, 6) is 1.38. The molecule has 7 heteroatoms. The van der Waals surface area contributed by atoms with Crippen LogP contribution >= 0.6 is 0 Å². The molecule has 1 aliphatic heterocycles. The molecule has 1 amide bonds. The molecule has 1 fully saturated rings. The second kappa shape index (κ2) is 10.8. The molecule has 1 saturated heterocycles. The Morgan fingerprint density at radius 2 is 1.90 bits per heavy atom. The van der Waals surface area contributed by atoms with Gasteiger partial charge in [0.15, 0.2) is 0 Å². The van der Waals surface area contributed by atoms with E-state index in [0.717, 1.165) is 36.6 Å². The molecular formula is C24H31N3O4. The average Bonchev–Trinajstić information content (AvgIpc) is 3.02. The van der Waals surface area contributed by atoms with Crippen molar-refractivity contribution in [2.45, 2.75) is 33.6 Å².